The van der Waals surface area contributed by atoms with Crippen molar-refractivity contribution in [3.8, 4) is 0 Å². The molecule has 1 N–H and O–H groups in total. The van der Waals surface area contributed by atoms with Gasteiger partial charge in [-0.2, -0.15) is 11.8 Å². The fraction of sp³-hybridized carbons (Fsp3) is 0.923. The molecule has 0 spiro atoms. The van der Waals surface area contributed by atoms with Gasteiger partial charge in [-0.1, -0.05) is 25.6 Å². The molecule has 2 aliphatic heterocycles. The summed E-state index contributed by atoms with van der Waals surface area (Å²) in [7, 11) is 0. The Hall–Kier alpha value is 0.170. The lowest BCUT2D eigenvalue weighted by Crippen LogP contribution is -2.35. The summed E-state index contributed by atoms with van der Waals surface area (Å²) in [5, 5.41) is 5.45. The second kappa shape index (κ2) is 5.87. The van der Waals surface area contributed by atoms with E-state index >= 15 is 0 Å². The first-order valence-corrected chi connectivity index (χ1v) is 8.53. The lowest BCUT2D eigenvalue weighted by atomic mass is 10.1. The highest BCUT2D eigenvalue weighted by atomic mass is 32.2. The van der Waals surface area contributed by atoms with Crippen molar-refractivity contribution in [1.82, 2.24) is 5.32 Å². The predicted octanol–water partition coefficient (Wildman–Crippen LogP) is 3.38. The van der Waals surface area contributed by atoms with Crippen LogP contribution in [0.1, 0.15) is 40.0 Å². The second-order valence-electron chi connectivity index (χ2n) is 5.77. The molecule has 0 aliphatic carbocycles. The number of amidine groups is 1. The number of rotatable bonds is 4. The largest absolute Gasteiger partial charge is 0.364 e. The highest BCUT2D eigenvalue weighted by Gasteiger charge is 2.30. The maximum absolute atomic E-state index is 4.62. The summed E-state index contributed by atoms with van der Waals surface area (Å²) in [5.74, 6) is 2.11. The van der Waals surface area contributed by atoms with Gasteiger partial charge in [0.2, 0.25) is 0 Å². The van der Waals surface area contributed by atoms with Crippen molar-refractivity contribution in [2.75, 3.05) is 18.8 Å². The van der Waals surface area contributed by atoms with Gasteiger partial charge in [-0.3, -0.25) is 4.99 Å². The summed E-state index contributed by atoms with van der Waals surface area (Å²) in [5.41, 5.74) is 0. The summed E-state index contributed by atoms with van der Waals surface area (Å²) in [6, 6.07) is 0. The minimum atomic E-state index is 0.444. The van der Waals surface area contributed by atoms with Crippen molar-refractivity contribution in [2.24, 2.45) is 10.9 Å². The predicted molar refractivity (Wildman–Crippen MR) is 81.2 cm³/mol. The van der Waals surface area contributed by atoms with Gasteiger partial charge in [0.05, 0.1) is 6.54 Å². The lowest BCUT2D eigenvalue weighted by Gasteiger charge is -2.23. The Labute approximate surface area is 114 Å². The first-order chi connectivity index (χ1) is 8.07. The van der Waals surface area contributed by atoms with Crippen LogP contribution in [0.2, 0.25) is 0 Å². The quantitative estimate of drug-likeness (QED) is 0.849. The fourth-order valence-electron chi connectivity index (χ4n) is 2.40. The third-order valence-electron chi connectivity index (χ3n) is 3.37. The van der Waals surface area contributed by atoms with Gasteiger partial charge in [0.25, 0.3) is 0 Å². The third kappa shape index (κ3) is 4.09. The van der Waals surface area contributed by atoms with Crippen molar-refractivity contribution in [3.05, 3.63) is 0 Å². The monoisotopic (exact) mass is 272 g/mol. The molecule has 2 heterocycles. The average molecular weight is 272 g/mol. The van der Waals surface area contributed by atoms with E-state index in [2.05, 4.69) is 42.8 Å². The van der Waals surface area contributed by atoms with Crippen molar-refractivity contribution in [2.45, 2.75) is 50.0 Å². The smallest absolute Gasteiger partial charge is 0.156 e. The number of hydrogen-bond acceptors (Lipinski definition) is 4. The van der Waals surface area contributed by atoms with E-state index < -0.39 is 0 Å². The Kier molecular flexibility index (Phi) is 4.70. The Balaban J connectivity index is 1.71. The van der Waals surface area contributed by atoms with Gasteiger partial charge < -0.3 is 5.32 Å². The highest BCUT2D eigenvalue weighted by Crippen LogP contribution is 2.37. The van der Waals surface area contributed by atoms with Crippen molar-refractivity contribution in [3.63, 3.8) is 0 Å². The van der Waals surface area contributed by atoms with Crippen LogP contribution in [0.4, 0.5) is 0 Å². The molecule has 0 radical (unpaired) electrons. The SMILES string of the molecule is CC(C)CC1CN=C(NCC2(C)CCCS2)S1. The molecule has 1 fully saturated rings. The lowest BCUT2D eigenvalue weighted by molar-refractivity contribution is 0.575. The Morgan fingerprint density at radius 1 is 1.53 bits per heavy atom. The van der Waals surface area contributed by atoms with Gasteiger partial charge in [0, 0.05) is 16.5 Å². The van der Waals surface area contributed by atoms with E-state index in [1.54, 1.807) is 0 Å². The number of nitrogens with one attached hydrogen (secondary N) is 1. The van der Waals surface area contributed by atoms with Crippen LogP contribution in [-0.4, -0.2) is 34.0 Å². The summed E-state index contributed by atoms with van der Waals surface area (Å²) in [6.07, 6.45) is 4.00. The molecule has 2 rings (SSSR count). The molecule has 2 atom stereocenters. The van der Waals surface area contributed by atoms with Crippen molar-refractivity contribution < 1.29 is 0 Å². The van der Waals surface area contributed by atoms with E-state index in [1.807, 2.05) is 11.8 Å². The molecule has 0 bridgehead atoms. The van der Waals surface area contributed by atoms with E-state index in [-0.39, 0.29) is 0 Å². The topological polar surface area (TPSA) is 24.4 Å². The summed E-state index contributed by atoms with van der Waals surface area (Å²) in [6.45, 7) is 9.06. The zero-order chi connectivity index (χ0) is 12.3. The van der Waals surface area contributed by atoms with Gasteiger partial charge in [-0.25, -0.2) is 0 Å². The molecular weight excluding hydrogens is 248 g/mol. The molecule has 1 saturated heterocycles. The van der Waals surface area contributed by atoms with E-state index in [0.29, 0.717) is 10.00 Å². The van der Waals surface area contributed by atoms with Crippen LogP contribution in [-0.2, 0) is 0 Å². The minimum absolute atomic E-state index is 0.444. The fourth-order valence-corrected chi connectivity index (χ4v) is 4.90. The van der Waals surface area contributed by atoms with Crippen molar-refractivity contribution in [1.29, 1.82) is 0 Å². The molecule has 0 saturated carbocycles. The van der Waals surface area contributed by atoms with Gasteiger partial charge in [-0.05, 0) is 37.9 Å². The van der Waals surface area contributed by atoms with Gasteiger partial charge in [0.1, 0.15) is 0 Å². The molecule has 17 heavy (non-hydrogen) atoms. The molecule has 0 amide bonds. The summed E-state index contributed by atoms with van der Waals surface area (Å²) >= 11 is 4.06. The molecular formula is C13H24N2S2. The van der Waals surface area contributed by atoms with Crippen molar-refractivity contribution >= 4 is 28.7 Å². The maximum Gasteiger partial charge on any atom is 0.156 e. The summed E-state index contributed by atoms with van der Waals surface area (Å²) < 4.78 is 0.444. The normalized spacial score (nSPS) is 33.2. The van der Waals surface area contributed by atoms with Crippen LogP contribution in [0, 0.1) is 5.92 Å². The molecule has 2 nitrogen and oxygen atoms in total. The molecule has 4 heteroatoms. The van der Waals surface area contributed by atoms with E-state index in [1.165, 1.54) is 30.2 Å². The van der Waals surface area contributed by atoms with E-state index in [0.717, 1.165) is 19.0 Å². The number of nitrogens with zero attached hydrogens (tertiary/aromatic N) is 1. The minimum Gasteiger partial charge on any atom is -0.364 e. The van der Waals surface area contributed by atoms with Gasteiger partial charge in [0.15, 0.2) is 5.17 Å². The van der Waals surface area contributed by atoms with Crippen LogP contribution in [0.15, 0.2) is 4.99 Å². The van der Waals surface area contributed by atoms with Crippen LogP contribution in [0.25, 0.3) is 0 Å². The van der Waals surface area contributed by atoms with Gasteiger partial charge in [-0.15, -0.1) is 0 Å². The molecule has 0 aromatic rings. The second-order valence-corrected chi connectivity index (χ2v) is 8.74. The molecule has 0 aromatic heterocycles. The molecule has 0 aromatic carbocycles. The van der Waals surface area contributed by atoms with Gasteiger partial charge >= 0.3 is 0 Å². The summed E-state index contributed by atoms with van der Waals surface area (Å²) in [4.78, 5) is 4.62. The van der Waals surface area contributed by atoms with Crippen LogP contribution < -0.4 is 5.32 Å². The Bertz CT molecular complexity index is 283. The van der Waals surface area contributed by atoms with Crippen LogP contribution in [0.3, 0.4) is 0 Å². The molecule has 2 unspecified atom stereocenters. The molecule has 98 valence electrons. The van der Waals surface area contributed by atoms with Crippen LogP contribution >= 0.6 is 23.5 Å². The van der Waals surface area contributed by atoms with E-state index in [9.17, 15) is 0 Å². The maximum atomic E-state index is 4.62. The molecule has 2 aliphatic rings. The Morgan fingerprint density at radius 3 is 3.00 bits per heavy atom. The first-order valence-electron chi connectivity index (χ1n) is 6.66. The number of thioether (sulfide) groups is 2. The standard InChI is InChI=1S/C13H24N2S2/c1-10(2)7-11-8-14-12(17-11)15-9-13(3)5-4-6-16-13/h10-11H,4-9H2,1-3H3,(H,14,15). The third-order valence-corrected chi connectivity index (χ3v) is 6.07. The Morgan fingerprint density at radius 2 is 2.35 bits per heavy atom. The van der Waals surface area contributed by atoms with E-state index in [4.69, 9.17) is 0 Å². The zero-order valence-corrected chi connectivity index (χ0v) is 12.8. The number of hydrogen-bond donors (Lipinski definition) is 1. The average Bonchev–Trinajstić information content (AvgIpc) is 2.85. The number of aliphatic imine (C=N–C) groups is 1. The highest BCUT2D eigenvalue weighted by molar-refractivity contribution is 8.14. The zero-order valence-electron chi connectivity index (χ0n) is 11.2. The van der Waals surface area contributed by atoms with Crippen LogP contribution in [0.5, 0.6) is 0 Å². The first kappa shape index (κ1) is 13.6.